The molecule has 0 radical (unpaired) electrons. The zero-order valence-corrected chi connectivity index (χ0v) is 12.5. The van der Waals surface area contributed by atoms with Crippen LogP contribution in [0.2, 0.25) is 0 Å². The van der Waals surface area contributed by atoms with Crippen molar-refractivity contribution in [3.05, 3.63) is 40.7 Å². The van der Waals surface area contributed by atoms with Gasteiger partial charge in [-0.3, -0.25) is 0 Å². The Balaban J connectivity index is 2.30. The molecule has 8 heteroatoms. The summed E-state index contributed by atoms with van der Waals surface area (Å²) in [5.74, 6) is -0.606. The van der Waals surface area contributed by atoms with E-state index in [9.17, 15) is 13.2 Å². The molecule has 0 bridgehead atoms. The van der Waals surface area contributed by atoms with Gasteiger partial charge in [0.05, 0.1) is 12.8 Å². The van der Waals surface area contributed by atoms with Crippen molar-refractivity contribution >= 4 is 27.3 Å². The van der Waals surface area contributed by atoms with Crippen LogP contribution >= 0.6 is 11.3 Å². The standard InChI is InChI=1S/C12H13NO5S2/c1-8-6-10(19-11(8)12(14)15)20(16,17)13(2)7-9-4-3-5-18-9/h3-6H,7H2,1-2H3,(H,14,15). The van der Waals surface area contributed by atoms with Crippen molar-refractivity contribution in [2.75, 3.05) is 7.05 Å². The van der Waals surface area contributed by atoms with Crippen LogP contribution in [0.3, 0.4) is 0 Å². The monoisotopic (exact) mass is 315 g/mol. The first-order chi connectivity index (χ1) is 9.32. The predicted octanol–water partition coefficient (Wildman–Crippen LogP) is 2.17. The van der Waals surface area contributed by atoms with Crippen LogP contribution < -0.4 is 0 Å². The van der Waals surface area contributed by atoms with Gasteiger partial charge in [0, 0.05) is 7.05 Å². The summed E-state index contributed by atoms with van der Waals surface area (Å²) in [5.41, 5.74) is 0.437. The van der Waals surface area contributed by atoms with Gasteiger partial charge in [0.25, 0.3) is 10.0 Å². The van der Waals surface area contributed by atoms with Crippen LogP contribution in [0.5, 0.6) is 0 Å². The Bertz CT molecular complexity index is 715. The number of carbonyl (C=O) groups is 1. The molecule has 1 N–H and O–H groups in total. The third-order valence-electron chi connectivity index (χ3n) is 2.71. The lowest BCUT2D eigenvalue weighted by Crippen LogP contribution is -2.25. The zero-order valence-electron chi connectivity index (χ0n) is 10.9. The Kier molecular flexibility index (Phi) is 3.98. The van der Waals surface area contributed by atoms with Gasteiger partial charge in [-0.25, -0.2) is 13.2 Å². The van der Waals surface area contributed by atoms with Crippen LogP contribution in [0.15, 0.2) is 33.1 Å². The second-order valence-corrected chi connectivity index (χ2v) is 7.55. The van der Waals surface area contributed by atoms with Gasteiger partial charge in [-0.2, -0.15) is 4.31 Å². The number of hydrogen-bond donors (Lipinski definition) is 1. The highest BCUT2D eigenvalue weighted by Crippen LogP contribution is 2.28. The summed E-state index contributed by atoms with van der Waals surface area (Å²) in [7, 11) is -2.30. The summed E-state index contributed by atoms with van der Waals surface area (Å²) in [6, 6.07) is 4.73. The maximum atomic E-state index is 12.3. The summed E-state index contributed by atoms with van der Waals surface area (Å²) in [4.78, 5) is 11.0. The van der Waals surface area contributed by atoms with Gasteiger partial charge in [0.2, 0.25) is 0 Å². The third kappa shape index (κ3) is 2.77. The number of carboxylic acid groups (broad SMARTS) is 1. The van der Waals surface area contributed by atoms with Gasteiger partial charge in [-0.15, -0.1) is 11.3 Å². The number of furan rings is 1. The summed E-state index contributed by atoms with van der Waals surface area (Å²) in [6.45, 7) is 1.67. The molecule has 0 unspecified atom stereocenters. The third-order valence-corrected chi connectivity index (χ3v) is 6.19. The van der Waals surface area contributed by atoms with Crippen LogP contribution in [0.4, 0.5) is 0 Å². The first-order valence-corrected chi connectivity index (χ1v) is 7.90. The van der Waals surface area contributed by atoms with E-state index in [2.05, 4.69) is 0 Å². The molecular formula is C12H13NO5S2. The molecule has 2 rings (SSSR count). The molecule has 0 aliphatic heterocycles. The van der Waals surface area contributed by atoms with E-state index < -0.39 is 16.0 Å². The fraction of sp³-hybridized carbons (Fsp3) is 0.250. The number of nitrogens with zero attached hydrogens (tertiary/aromatic N) is 1. The average Bonchev–Trinajstić information content (AvgIpc) is 2.98. The van der Waals surface area contributed by atoms with Crippen molar-refractivity contribution in [2.24, 2.45) is 0 Å². The number of aryl methyl sites for hydroxylation is 1. The number of thiophene rings is 1. The molecule has 0 atom stereocenters. The van der Waals surface area contributed by atoms with E-state index in [1.165, 1.54) is 19.4 Å². The minimum Gasteiger partial charge on any atom is -0.477 e. The van der Waals surface area contributed by atoms with Crippen molar-refractivity contribution in [2.45, 2.75) is 17.7 Å². The molecule has 0 aliphatic carbocycles. The maximum Gasteiger partial charge on any atom is 0.346 e. The Morgan fingerprint density at radius 3 is 2.70 bits per heavy atom. The molecule has 2 aromatic heterocycles. The van der Waals surface area contributed by atoms with E-state index in [1.54, 1.807) is 19.1 Å². The van der Waals surface area contributed by atoms with Gasteiger partial charge in [-0.05, 0) is 30.7 Å². The normalized spacial score (nSPS) is 11.9. The molecule has 0 saturated carbocycles. The van der Waals surface area contributed by atoms with Crippen molar-refractivity contribution in [3.8, 4) is 0 Å². The molecule has 0 saturated heterocycles. The summed E-state index contributed by atoms with van der Waals surface area (Å²) in [5, 5.41) is 8.98. The molecule has 0 amide bonds. The molecule has 0 fully saturated rings. The molecule has 2 heterocycles. The Hall–Kier alpha value is -1.64. The van der Waals surface area contributed by atoms with Gasteiger partial charge in [0.15, 0.2) is 0 Å². The van der Waals surface area contributed by atoms with Gasteiger partial charge in [-0.1, -0.05) is 0 Å². The molecule has 0 aromatic carbocycles. The van der Waals surface area contributed by atoms with E-state index >= 15 is 0 Å². The van der Waals surface area contributed by atoms with E-state index in [0.717, 1.165) is 15.6 Å². The minimum atomic E-state index is -3.72. The number of hydrogen-bond acceptors (Lipinski definition) is 5. The van der Waals surface area contributed by atoms with Crippen molar-refractivity contribution < 1.29 is 22.7 Å². The molecule has 2 aromatic rings. The van der Waals surface area contributed by atoms with Crippen molar-refractivity contribution in [3.63, 3.8) is 0 Å². The fourth-order valence-electron chi connectivity index (χ4n) is 1.65. The Morgan fingerprint density at radius 2 is 2.20 bits per heavy atom. The lowest BCUT2D eigenvalue weighted by molar-refractivity contribution is 0.0701. The summed E-state index contributed by atoms with van der Waals surface area (Å²) >= 11 is 0.756. The van der Waals surface area contributed by atoms with Crippen LogP contribution in [0.1, 0.15) is 21.0 Å². The van der Waals surface area contributed by atoms with E-state index in [1.807, 2.05) is 0 Å². The number of rotatable bonds is 5. The number of sulfonamides is 1. The molecule has 0 aliphatic rings. The van der Waals surface area contributed by atoms with Crippen molar-refractivity contribution in [1.29, 1.82) is 0 Å². The lowest BCUT2D eigenvalue weighted by Gasteiger charge is -2.14. The number of aromatic carboxylic acids is 1. The Labute approximate surface area is 120 Å². The van der Waals surface area contributed by atoms with Crippen LogP contribution in [0.25, 0.3) is 0 Å². The molecule has 6 nitrogen and oxygen atoms in total. The van der Waals surface area contributed by atoms with E-state index in [-0.39, 0.29) is 15.6 Å². The Morgan fingerprint density at radius 1 is 1.50 bits per heavy atom. The minimum absolute atomic E-state index is 0.0152. The molecule has 0 spiro atoms. The summed E-state index contributed by atoms with van der Waals surface area (Å²) in [6.07, 6.45) is 1.47. The molecule has 108 valence electrons. The van der Waals surface area contributed by atoms with E-state index in [0.29, 0.717) is 11.3 Å². The SMILES string of the molecule is Cc1cc(S(=O)(=O)N(C)Cc2ccco2)sc1C(=O)O. The second-order valence-electron chi connectivity index (χ2n) is 4.22. The highest BCUT2D eigenvalue weighted by Gasteiger charge is 2.26. The van der Waals surface area contributed by atoms with Crippen molar-refractivity contribution in [1.82, 2.24) is 4.31 Å². The van der Waals surface area contributed by atoms with E-state index in [4.69, 9.17) is 9.52 Å². The fourth-order valence-corrected chi connectivity index (χ4v) is 4.38. The van der Waals surface area contributed by atoms with Crippen LogP contribution in [0, 0.1) is 6.92 Å². The first-order valence-electron chi connectivity index (χ1n) is 5.65. The predicted molar refractivity (Wildman–Crippen MR) is 73.4 cm³/mol. The maximum absolute atomic E-state index is 12.3. The second kappa shape index (κ2) is 5.39. The highest BCUT2D eigenvalue weighted by molar-refractivity contribution is 7.91. The quantitative estimate of drug-likeness (QED) is 0.913. The van der Waals surface area contributed by atoms with Gasteiger partial charge in [0.1, 0.15) is 14.8 Å². The zero-order chi connectivity index (χ0) is 14.9. The highest BCUT2D eigenvalue weighted by atomic mass is 32.2. The number of carboxylic acids is 1. The van der Waals surface area contributed by atoms with Gasteiger partial charge < -0.3 is 9.52 Å². The lowest BCUT2D eigenvalue weighted by atomic mass is 10.3. The van der Waals surface area contributed by atoms with Gasteiger partial charge >= 0.3 is 5.97 Å². The van der Waals surface area contributed by atoms with Crippen LogP contribution in [-0.4, -0.2) is 30.8 Å². The molecule has 20 heavy (non-hydrogen) atoms. The topological polar surface area (TPSA) is 87.8 Å². The molecular weight excluding hydrogens is 302 g/mol. The van der Waals surface area contributed by atoms with Crippen LogP contribution in [-0.2, 0) is 16.6 Å². The average molecular weight is 315 g/mol. The largest absolute Gasteiger partial charge is 0.477 e. The summed E-state index contributed by atoms with van der Waals surface area (Å²) < 4.78 is 30.9. The smallest absolute Gasteiger partial charge is 0.346 e. The first kappa shape index (κ1) is 14.8.